The second-order valence-corrected chi connectivity index (χ2v) is 5.49. The first-order chi connectivity index (χ1) is 10.3. The maximum absolute atomic E-state index is 6.12. The number of nitrogens with zero attached hydrogens (tertiary/aromatic N) is 1. The van der Waals surface area contributed by atoms with Crippen LogP contribution in [0.25, 0.3) is 32.8 Å². The molecule has 1 nitrogen and oxygen atoms in total. The second-order valence-electron chi connectivity index (χ2n) is 5.05. The molecule has 21 heavy (non-hydrogen) atoms. The summed E-state index contributed by atoms with van der Waals surface area (Å²) in [4.78, 5) is 4.48. The van der Waals surface area contributed by atoms with Crippen molar-refractivity contribution >= 4 is 33.1 Å². The minimum atomic E-state index is 0.706. The summed E-state index contributed by atoms with van der Waals surface area (Å²) in [5, 5.41) is 5.63. The zero-order valence-electron chi connectivity index (χ0n) is 11.3. The highest BCUT2D eigenvalue weighted by molar-refractivity contribution is 6.30. The third-order valence-electron chi connectivity index (χ3n) is 3.77. The molecule has 0 unspecified atom stereocenters. The number of hydrogen-bond acceptors (Lipinski definition) is 1. The van der Waals surface area contributed by atoms with Crippen LogP contribution in [0.15, 0.2) is 72.9 Å². The summed E-state index contributed by atoms with van der Waals surface area (Å²) in [6.07, 6.45) is 1.75. The normalized spacial score (nSPS) is 11.1. The van der Waals surface area contributed by atoms with Crippen molar-refractivity contribution in [1.82, 2.24) is 4.98 Å². The summed E-state index contributed by atoms with van der Waals surface area (Å²) in [5.74, 6) is 0. The van der Waals surface area contributed by atoms with Crippen molar-refractivity contribution in [3.8, 4) is 11.3 Å². The number of hydrogen-bond donors (Lipinski definition) is 0. The third kappa shape index (κ3) is 2.07. The maximum Gasteiger partial charge on any atom is 0.0723 e. The van der Waals surface area contributed by atoms with Crippen molar-refractivity contribution in [2.45, 2.75) is 0 Å². The molecule has 0 aliphatic rings. The van der Waals surface area contributed by atoms with Crippen molar-refractivity contribution in [3.05, 3.63) is 77.9 Å². The van der Waals surface area contributed by atoms with Crippen LogP contribution in [-0.4, -0.2) is 4.98 Å². The van der Waals surface area contributed by atoms with E-state index in [0.29, 0.717) is 5.02 Å². The lowest BCUT2D eigenvalue weighted by molar-refractivity contribution is 1.33. The molecule has 4 rings (SSSR count). The van der Waals surface area contributed by atoms with E-state index in [1.807, 2.05) is 6.07 Å². The van der Waals surface area contributed by atoms with E-state index in [4.69, 9.17) is 11.6 Å². The van der Waals surface area contributed by atoms with Gasteiger partial charge in [0.2, 0.25) is 0 Å². The number of aromatic nitrogens is 1. The van der Waals surface area contributed by atoms with Crippen LogP contribution in [0.3, 0.4) is 0 Å². The summed E-state index contributed by atoms with van der Waals surface area (Å²) < 4.78 is 0. The van der Waals surface area contributed by atoms with E-state index in [2.05, 4.69) is 59.6 Å². The van der Waals surface area contributed by atoms with E-state index in [0.717, 1.165) is 11.3 Å². The largest absolute Gasteiger partial charge is 0.256 e. The van der Waals surface area contributed by atoms with Gasteiger partial charge in [0.25, 0.3) is 0 Å². The molecule has 0 N–H and O–H groups in total. The van der Waals surface area contributed by atoms with Crippen LogP contribution in [0.5, 0.6) is 0 Å². The van der Waals surface area contributed by atoms with Crippen LogP contribution < -0.4 is 0 Å². The molecule has 4 aromatic rings. The first kappa shape index (κ1) is 12.4. The molecular weight excluding hydrogens is 278 g/mol. The quantitative estimate of drug-likeness (QED) is 0.409. The zero-order chi connectivity index (χ0) is 14.2. The van der Waals surface area contributed by atoms with Gasteiger partial charge < -0.3 is 0 Å². The minimum Gasteiger partial charge on any atom is -0.256 e. The Labute approximate surface area is 127 Å². The van der Waals surface area contributed by atoms with Gasteiger partial charge in [-0.2, -0.15) is 0 Å². The average Bonchev–Trinajstić information content (AvgIpc) is 2.54. The zero-order valence-corrected chi connectivity index (χ0v) is 12.0. The molecule has 100 valence electrons. The molecule has 0 amide bonds. The van der Waals surface area contributed by atoms with Gasteiger partial charge in [0.05, 0.1) is 5.69 Å². The molecule has 0 aliphatic heterocycles. The smallest absolute Gasteiger partial charge is 0.0723 e. The fourth-order valence-electron chi connectivity index (χ4n) is 2.82. The Kier molecular flexibility index (Phi) is 2.87. The van der Waals surface area contributed by atoms with Gasteiger partial charge in [0.15, 0.2) is 0 Å². The van der Waals surface area contributed by atoms with Gasteiger partial charge >= 0.3 is 0 Å². The Morgan fingerprint density at radius 2 is 1.43 bits per heavy atom. The van der Waals surface area contributed by atoms with Crippen molar-refractivity contribution in [3.63, 3.8) is 0 Å². The van der Waals surface area contributed by atoms with Gasteiger partial charge in [-0.1, -0.05) is 60.1 Å². The van der Waals surface area contributed by atoms with E-state index < -0.39 is 0 Å². The van der Waals surface area contributed by atoms with Crippen LogP contribution >= 0.6 is 11.6 Å². The lowest BCUT2D eigenvalue weighted by Gasteiger charge is -2.10. The van der Waals surface area contributed by atoms with E-state index >= 15 is 0 Å². The predicted octanol–water partition coefficient (Wildman–Crippen LogP) is 5.71. The maximum atomic E-state index is 6.12. The number of fused-ring (bicyclic) bond motifs is 3. The van der Waals surface area contributed by atoms with E-state index in [9.17, 15) is 0 Å². The summed E-state index contributed by atoms with van der Waals surface area (Å²) in [6, 6.07) is 22.8. The molecule has 0 atom stereocenters. The first-order valence-electron chi connectivity index (χ1n) is 6.85. The molecule has 3 aromatic carbocycles. The van der Waals surface area contributed by atoms with Gasteiger partial charge in [-0.05, 0) is 39.7 Å². The molecule has 1 aromatic heterocycles. The molecule has 2 heteroatoms. The first-order valence-corrected chi connectivity index (χ1v) is 7.23. The van der Waals surface area contributed by atoms with Crippen molar-refractivity contribution in [2.24, 2.45) is 0 Å². The Hall–Kier alpha value is -2.38. The Morgan fingerprint density at radius 3 is 2.24 bits per heavy atom. The Balaban J connectivity index is 2.16. The number of rotatable bonds is 1. The molecule has 1 heterocycles. The molecule has 0 aliphatic carbocycles. The highest BCUT2D eigenvalue weighted by Crippen LogP contribution is 2.34. The molecule has 0 saturated heterocycles. The van der Waals surface area contributed by atoms with Gasteiger partial charge in [0.1, 0.15) is 0 Å². The van der Waals surface area contributed by atoms with Crippen LogP contribution in [0.2, 0.25) is 5.02 Å². The number of halogens is 1. The highest BCUT2D eigenvalue weighted by atomic mass is 35.5. The Morgan fingerprint density at radius 1 is 0.714 bits per heavy atom. The summed E-state index contributed by atoms with van der Waals surface area (Å²) in [6.45, 7) is 0. The van der Waals surface area contributed by atoms with Crippen molar-refractivity contribution in [1.29, 1.82) is 0 Å². The summed E-state index contributed by atoms with van der Waals surface area (Å²) in [5.41, 5.74) is 2.02. The second kappa shape index (κ2) is 4.87. The van der Waals surface area contributed by atoms with E-state index in [1.165, 1.54) is 21.5 Å². The van der Waals surface area contributed by atoms with Crippen LogP contribution in [0, 0.1) is 0 Å². The molecule has 0 saturated carbocycles. The molecule has 0 fully saturated rings. The fourth-order valence-corrected chi connectivity index (χ4v) is 2.98. The molecule has 0 spiro atoms. The average molecular weight is 290 g/mol. The molecule has 0 radical (unpaired) electrons. The number of benzene rings is 3. The minimum absolute atomic E-state index is 0.706. The fraction of sp³-hybridized carbons (Fsp3) is 0. The van der Waals surface area contributed by atoms with Gasteiger partial charge in [-0.3, -0.25) is 4.98 Å². The molecular formula is C19H12ClN. The third-order valence-corrected chi connectivity index (χ3v) is 4.00. The van der Waals surface area contributed by atoms with Crippen molar-refractivity contribution in [2.75, 3.05) is 0 Å². The van der Waals surface area contributed by atoms with Crippen LogP contribution in [0.4, 0.5) is 0 Å². The highest BCUT2D eigenvalue weighted by Gasteiger charge is 2.09. The van der Waals surface area contributed by atoms with Crippen LogP contribution in [-0.2, 0) is 0 Å². The number of pyridine rings is 1. The van der Waals surface area contributed by atoms with Gasteiger partial charge in [0, 0.05) is 16.8 Å². The molecule has 0 bridgehead atoms. The predicted molar refractivity (Wildman–Crippen MR) is 89.7 cm³/mol. The summed E-state index contributed by atoms with van der Waals surface area (Å²) >= 11 is 6.12. The van der Waals surface area contributed by atoms with E-state index in [-0.39, 0.29) is 0 Å². The lowest BCUT2D eigenvalue weighted by Crippen LogP contribution is -1.87. The summed E-state index contributed by atoms with van der Waals surface area (Å²) in [7, 11) is 0. The van der Waals surface area contributed by atoms with Crippen LogP contribution in [0.1, 0.15) is 0 Å². The standard InChI is InChI=1S/C19H12ClN/c20-14-9-10-21-19(12-14)18-11-13-5-1-2-6-15(13)16-7-3-4-8-17(16)18/h1-12H. The van der Waals surface area contributed by atoms with Gasteiger partial charge in [-0.25, -0.2) is 0 Å². The monoisotopic (exact) mass is 289 g/mol. The SMILES string of the molecule is Clc1ccnc(-c2cc3ccccc3c3ccccc23)c1. The van der Waals surface area contributed by atoms with Crippen molar-refractivity contribution < 1.29 is 0 Å². The Bertz CT molecular complexity index is 960. The topological polar surface area (TPSA) is 12.9 Å². The van der Waals surface area contributed by atoms with Gasteiger partial charge in [-0.15, -0.1) is 0 Å². The lowest BCUT2D eigenvalue weighted by atomic mass is 9.95. The van der Waals surface area contributed by atoms with E-state index in [1.54, 1.807) is 12.3 Å².